The summed E-state index contributed by atoms with van der Waals surface area (Å²) < 4.78 is 0. The third-order valence-corrected chi connectivity index (χ3v) is 8.29. The van der Waals surface area contributed by atoms with Crippen molar-refractivity contribution in [2.75, 3.05) is 18.0 Å². The Hall–Kier alpha value is -2.63. The van der Waals surface area contributed by atoms with E-state index in [4.69, 9.17) is 0 Å². The van der Waals surface area contributed by atoms with Crippen molar-refractivity contribution < 1.29 is 4.79 Å². The molecular formula is C27H29N3OS. The summed E-state index contributed by atoms with van der Waals surface area (Å²) in [5.74, 6) is 0.0430. The molecule has 1 aromatic heterocycles. The monoisotopic (exact) mass is 443 g/mol. The predicted octanol–water partition coefficient (Wildman–Crippen LogP) is 5.08. The Morgan fingerprint density at radius 1 is 1.06 bits per heavy atom. The molecule has 2 saturated heterocycles. The Balaban J connectivity index is 1.24. The van der Waals surface area contributed by atoms with Crippen LogP contribution in [-0.4, -0.2) is 31.1 Å². The second-order valence-corrected chi connectivity index (χ2v) is 10.6. The molecule has 2 unspecified atom stereocenters. The van der Waals surface area contributed by atoms with Crippen LogP contribution in [0.25, 0.3) is 10.4 Å². The standard InChI is InChI=1S/C27H29N3OS/c1-18-7-10-23(30-16-21-8-9-22(17-30)28-21)15-24(18)26(31)29-27(11-12-27)20-5-2-4-19(14-20)25-6-3-13-32-25/h2-7,10,13-15,21-22,28H,8-9,11-12,16-17H2,1H3,(H,29,31). The van der Waals surface area contributed by atoms with Crippen LogP contribution in [0.15, 0.2) is 60.0 Å². The molecule has 5 heteroatoms. The molecule has 6 rings (SSSR count). The maximum Gasteiger partial charge on any atom is 0.252 e. The van der Waals surface area contributed by atoms with Gasteiger partial charge in [-0.1, -0.05) is 30.3 Å². The first-order valence-corrected chi connectivity index (χ1v) is 12.6. The molecule has 3 aliphatic rings. The fraction of sp³-hybridized carbons (Fsp3) is 0.370. The molecule has 1 amide bonds. The number of nitrogens with zero attached hydrogens (tertiary/aromatic N) is 1. The molecule has 164 valence electrons. The average molecular weight is 444 g/mol. The van der Waals surface area contributed by atoms with Gasteiger partial charge >= 0.3 is 0 Å². The van der Waals surface area contributed by atoms with Gasteiger partial charge in [-0.15, -0.1) is 11.3 Å². The summed E-state index contributed by atoms with van der Waals surface area (Å²) in [4.78, 5) is 17.2. The number of rotatable bonds is 5. The molecule has 0 radical (unpaired) electrons. The third kappa shape index (κ3) is 3.63. The van der Waals surface area contributed by atoms with Crippen LogP contribution in [0.4, 0.5) is 5.69 Å². The lowest BCUT2D eigenvalue weighted by Gasteiger charge is -2.35. The first-order chi connectivity index (χ1) is 15.6. The maximum atomic E-state index is 13.4. The number of aryl methyl sites for hydroxylation is 1. The summed E-state index contributed by atoms with van der Waals surface area (Å²) in [5.41, 5.74) is 5.21. The minimum absolute atomic E-state index is 0.0430. The number of piperazine rings is 1. The Labute approximate surface area is 193 Å². The average Bonchev–Trinajstić information content (AvgIpc) is 3.23. The number of hydrogen-bond donors (Lipinski definition) is 2. The van der Waals surface area contributed by atoms with Crippen molar-refractivity contribution in [1.29, 1.82) is 0 Å². The van der Waals surface area contributed by atoms with Crippen molar-refractivity contribution in [3.8, 4) is 10.4 Å². The second-order valence-electron chi connectivity index (χ2n) is 9.64. The molecule has 3 fully saturated rings. The highest BCUT2D eigenvalue weighted by Crippen LogP contribution is 2.46. The van der Waals surface area contributed by atoms with Gasteiger partial charge in [-0.3, -0.25) is 4.79 Å². The number of amides is 1. The largest absolute Gasteiger partial charge is 0.368 e. The van der Waals surface area contributed by atoms with Crippen LogP contribution in [-0.2, 0) is 5.54 Å². The zero-order chi connectivity index (χ0) is 21.7. The van der Waals surface area contributed by atoms with Crippen LogP contribution in [0.2, 0.25) is 0 Å². The third-order valence-electron chi connectivity index (χ3n) is 7.37. The highest BCUT2D eigenvalue weighted by atomic mass is 32.1. The van der Waals surface area contributed by atoms with E-state index in [2.05, 4.69) is 75.5 Å². The van der Waals surface area contributed by atoms with Gasteiger partial charge in [0.25, 0.3) is 5.91 Å². The van der Waals surface area contributed by atoms with Crippen molar-refractivity contribution >= 4 is 22.9 Å². The number of benzene rings is 2. The van der Waals surface area contributed by atoms with Crippen LogP contribution < -0.4 is 15.5 Å². The zero-order valence-electron chi connectivity index (χ0n) is 18.4. The van der Waals surface area contributed by atoms with Gasteiger partial charge in [0.1, 0.15) is 0 Å². The Morgan fingerprint density at radius 2 is 1.88 bits per heavy atom. The van der Waals surface area contributed by atoms with Gasteiger partial charge in [0.05, 0.1) is 5.54 Å². The smallest absolute Gasteiger partial charge is 0.252 e. The van der Waals surface area contributed by atoms with Crippen LogP contribution >= 0.6 is 11.3 Å². The predicted molar refractivity (Wildman–Crippen MR) is 131 cm³/mol. The van der Waals surface area contributed by atoms with Gasteiger partial charge in [0, 0.05) is 41.3 Å². The molecule has 2 aromatic carbocycles. The summed E-state index contributed by atoms with van der Waals surface area (Å²) in [7, 11) is 0. The van der Waals surface area contributed by atoms with Crippen LogP contribution in [0.3, 0.4) is 0 Å². The number of nitrogens with one attached hydrogen (secondary N) is 2. The van der Waals surface area contributed by atoms with Crippen LogP contribution in [0.5, 0.6) is 0 Å². The van der Waals surface area contributed by atoms with E-state index in [1.165, 1.54) is 34.5 Å². The lowest BCUT2D eigenvalue weighted by molar-refractivity contribution is 0.0930. The van der Waals surface area contributed by atoms with Gasteiger partial charge < -0.3 is 15.5 Å². The lowest BCUT2D eigenvalue weighted by atomic mass is 9.99. The van der Waals surface area contributed by atoms with E-state index in [0.29, 0.717) is 12.1 Å². The van der Waals surface area contributed by atoms with Gasteiger partial charge in [0.15, 0.2) is 0 Å². The number of carbonyl (C=O) groups is 1. The molecule has 0 spiro atoms. The van der Waals surface area contributed by atoms with Crippen molar-refractivity contribution in [2.24, 2.45) is 0 Å². The van der Waals surface area contributed by atoms with Gasteiger partial charge in [-0.2, -0.15) is 0 Å². The highest BCUT2D eigenvalue weighted by Gasteiger charge is 2.46. The second kappa shape index (κ2) is 7.75. The SMILES string of the molecule is Cc1ccc(N2CC3CCC(C2)N3)cc1C(=O)NC1(c2cccc(-c3cccs3)c2)CC1. The quantitative estimate of drug-likeness (QED) is 0.578. The summed E-state index contributed by atoms with van der Waals surface area (Å²) in [6, 6.07) is 20.5. The zero-order valence-corrected chi connectivity index (χ0v) is 19.3. The van der Waals surface area contributed by atoms with Crippen molar-refractivity contribution in [3.05, 3.63) is 76.7 Å². The van der Waals surface area contributed by atoms with E-state index >= 15 is 0 Å². The Bertz CT molecular complexity index is 1140. The molecule has 32 heavy (non-hydrogen) atoms. The van der Waals surface area contributed by atoms with Gasteiger partial charge in [-0.05, 0) is 78.9 Å². The Kier molecular flexibility index (Phi) is 4.85. The Morgan fingerprint density at radius 3 is 2.59 bits per heavy atom. The summed E-state index contributed by atoms with van der Waals surface area (Å²) in [6.07, 6.45) is 4.50. The fourth-order valence-corrected chi connectivity index (χ4v) is 6.09. The molecule has 1 saturated carbocycles. The van der Waals surface area contributed by atoms with E-state index in [-0.39, 0.29) is 11.4 Å². The molecule has 3 aromatic rings. The number of carbonyl (C=O) groups excluding carboxylic acids is 1. The molecule has 2 N–H and O–H groups in total. The molecule has 4 nitrogen and oxygen atoms in total. The van der Waals surface area contributed by atoms with Crippen LogP contribution in [0, 0.1) is 6.92 Å². The van der Waals surface area contributed by atoms with Gasteiger partial charge in [0.2, 0.25) is 0 Å². The number of anilines is 1. The van der Waals surface area contributed by atoms with E-state index < -0.39 is 0 Å². The molecule has 1 aliphatic carbocycles. The number of hydrogen-bond acceptors (Lipinski definition) is 4. The topological polar surface area (TPSA) is 44.4 Å². The number of thiophene rings is 1. The number of fused-ring (bicyclic) bond motifs is 2. The lowest BCUT2D eigenvalue weighted by Crippen LogP contribution is -2.51. The van der Waals surface area contributed by atoms with E-state index in [1.54, 1.807) is 11.3 Å². The van der Waals surface area contributed by atoms with Crippen LogP contribution in [0.1, 0.15) is 47.2 Å². The molecule has 3 heterocycles. The first kappa shape index (κ1) is 20.0. The van der Waals surface area contributed by atoms with E-state index in [0.717, 1.165) is 37.1 Å². The summed E-state index contributed by atoms with van der Waals surface area (Å²) in [6.45, 7) is 4.09. The van der Waals surface area contributed by atoms with Crippen molar-refractivity contribution in [2.45, 2.75) is 50.2 Å². The first-order valence-electron chi connectivity index (χ1n) is 11.7. The summed E-state index contributed by atoms with van der Waals surface area (Å²) in [5, 5.41) is 9.21. The van der Waals surface area contributed by atoms with Crippen molar-refractivity contribution in [3.63, 3.8) is 0 Å². The minimum Gasteiger partial charge on any atom is -0.368 e. The van der Waals surface area contributed by atoms with Crippen molar-refractivity contribution in [1.82, 2.24) is 10.6 Å². The normalized spacial score (nSPS) is 23.2. The minimum atomic E-state index is -0.235. The van der Waals surface area contributed by atoms with E-state index in [9.17, 15) is 4.79 Å². The molecule has 2 bridgehead atoms. The fourth-order valence-electron chi connectivity index (χ4n) is 5.37. The summed E-state index contributed by atoms with van der Waals surface area (Å²) >= 11 is 1.75. The molecule has 2 aliphatic heterocycles. The molecular weight excluding hydrogens is 414 g/mol. The highest BCUT2D eigenvalue weighted by molar-refractivity contribution is 7.13. The molecule has 2 atom stereocenters. The maximum absolute atomic E-state index is 13.4. The van der Waals surface area contributed by atoms with E-state index in [1.807, 2.05) is 6.92 Å². The van der Waals surface area contributed by atoms with Gasteiger partial charge in [-0.25, -0.2) is 0 Å².